The molecule has 0 saturated carbocycles. The highest BCUT2D eigenvalue weighted by molar-refractivity contribution is 6.42. The third-order valence-corrected chi connectivity index (χ3v) is 5.14. The number of likely N-dealkylation sites (N-methyl/N-ethyl adjacent to an activating group) is 1. The van der Waals surface area contributed by atoms with E-state index in [0.29, 0.717) is 16.3 Å². The fourth-order valence-corrected chi connectivity index (χ4v) is 3.31. The van der Waals surface area contributed by atoms with Gasteiger partial charge in [-0.15, -0.1) is 0 Å². The Morgan fingerprint density at radius 3 is 2.52 bits per heavy atom. The van der Waals surface area contributed by atoms with E-state index >= 15 is 0 Å². The number of phenols is 1. The molecule has 1 amide bonds. The first-order valence-electron chi connectivity index (χ1n) is 7.98. The lowest BCUT2D eigenvalue weighted by molar-refractivity contribution is -0.119. The highest BCUT2D eigenvalue weighted by atomic mass is 35.5. The zero-order chi connectivity index (χ0) is 19.9. The number of fused-ring (bicyclic) bond motifs is 1. The minimum atomic E-state index is -0.879. The van der Waals surface area contributed by atoms with Crippen LogP contribution in [0.2, 0.25) is 10.0 Å². The van der Waals surface area contributed by atoms with Crippen LogP contribution < -0.4 is 5.32 Å². The van der Waals surface area contributed by atoms with Gasteiger partial charge in [-0.3, -0.25) is 14.2 Å². The van der Waals surface area contributed by atoms with Gasteiger partial charge in [0.05, 0.1) is 22.0 Å². The summed E-state index contributed by atoms with van der Waals surface area (Å²) in [5.41, 5.74) is 1.22. The molecule has 5 nitrogen and oxygen atoms in total. The third kappa shape index (κ3) is 3.26. The van der Waals surface area contributed by atoms with E-state index in [4.69, 9.17) is 23.2 Å². The van der Waals surface area contributed by atoms with E-state index in [-0.39, 0.29) is 33.8 Å². The minimum absolute atomic E-state index is 0.0320. The van der Waals surface area contributed by atoms with Crippen molar-refractivity contribution in [3.8, 4) is 5.75 Å². The van der Waals surface area contributed by atoms with E-state index in [1.807, 2.05) is 0 Å². The molecule has 0 atom stereocenters. The highest BCUT2D eigenvalue weighted by Crippen LogP contribution is 2.34. The molecule has 8 heteroatoms. The lowest BCUT2D eigenvalue weighted by Gasteiger charge is -2.08. The molecule has 0 fully saturated rings. The summed E-state index contributed by atoms with van der Waals surface area (Å²) in [6, 6.07) is 7.03. The fourth-order valence-electron chi connectivity index (χ4n) is 3.01. The van der Waals surface area contributed by atoms with Crippen molar-refractivity contribution in [2.24, 2.45) is 0 Å². The van der Waals surface area contributed by atoms with E-state index in [1.165, 1.54) is 41.9 Å². The van der Waals surface area contributed by atoms with Crippen molar-refractivity contribution in [2.75, 3.05) is 7.05 Å². The average molecular weight is 409 g/mol. The molecule has 1 heterocycles. The topological polar surface area (TPSA) is 71.3 Å². The van der Waals surface area contributed by atoms with Crippen molar-refractivity contribution < 1.29 is 19.1 Å². The van der Waals surface area contributed by atoms with Gasteiger partial charge in [0.1, 0.15) is 0 Å². The summed E-state index contributed by atoms with van der Waals surface area (Å²) in [7, 11) is 1.46. The van der Waals surface area contributed by atoms with Crippen LogP contribution in [-0.2, 0) is 11.2 Å². The predicted molar refractivity (Wildman–Crippen MR) is 102 cm³/mol. The van der Waals surface area contributed by atoms with Gasteiger partial charge in [-0.2, -0.15) is 0 Å². The molecule has 27 heavy (non-hydrogen) atoms. The van der Waals surface area contributed by atoms with Gasteiger partial charge in [0.2, 0.25) is 5.91 Å². The zero-order valence-electron chi connectivity index (χ0n) is 14.4. The van der Waals surface area contributed by atoms with Gasteiger partial charge in [0.15, 0.2) is 11.6 Å². The van der Waals surface area contributed by atoms with Crippen LogP contribution in [0.4, 0.5) is 4.39 Å². The predicted octanol–water partition coefficient (Wildman–Crippen LogP) is 4.08. The van der Waals surface area contributed by atoms with E-state index in [9.17, 15) is 19.1 Å². The number of nitrogens with zero attached hydrogens (tertiary/aromatic N) is 1. The SMILES string of the molecule is CNC(=O)Cc1c(C)n(C(=O)c2ccc(Cl)c(Cl)c2)c2ccc(O)c(F)c12. The number of phenolic OH excluding ortho intramolecular Hbond substituents is 1. The summed E-state index contributed by atoms with van der Waals surface area (Å²) < 4.78 is 15.9. The number of rotatable bonds is 3. The molecule has 2 aromatic carbocycles. The monoisotopic (exact) mass is 408 g/mol. The number of carbonyl (C=O) groups is 2. The maximum absolute atomic E-state index is 14.6. The van der Waals surface area contributed by atoms with Crippen LogP contribution in [0, 0.1) is 12.7 Å². The minimum Gasteiger partial charge on any atom is -0.505 e. The molecule has 0 aliphatic rings. The summed E-state index contributed by atoms with van der Waals surface area (Å²) in [6.45, 7) is 1.62. The average Bonchev–Trinajstić information content (AvgIpc) is 2.92. The summed E-state index contributed by atoms with van der Waals surface area (Å²) in [6.07, 6.45) is -0.138. The number of aromatic nitrogens is 1. The first-order valence-corrected chi connectivity index (χ1v) is 8.73. The number of hydrogen-bond donors (Lipinski definition) is 2. The number of aromatic hydroxyl groups is 1. The molecule has 0 bridgehead atoms. The second kappa shape index (κ2) is 7.21. The van der Waals surface area contributed by atoms with E-state index in [1.54, 1.807) is 6.92 Å². The van der Waals surface area contributed by atoms with Crippen LogP contribution in [-0.4, -0.2) is 28.5 Å². The maximum atomic E-state index is 14.6. The van der Waals surface area contributed by atoms with Crippen molar-refractivity contribution in [2.45, 2.75) is 13.3 Å². The molecule has 0 spiro atoms. The van der Waals surface area contributed by atoms with Crippen molar-refractivity contribution in [3.05, 3.63) is 63.0 Å². The molecule has 0 saturated heterocycles. The molecule has 0 aliphatic heterocycles. The number of amides is 1. The first kappa shape index (κ1) is 19.2. The quantitative estimate of drug-likeness (QED) is 0.685. The van der Waals surface area contributed by atoms with Gasteiger partial charge >= 0.3 is 0 Å². The molecule has 3 aromatic rings. The lowest BCUT2D eigenvalue weighted by Crippen LogP contribution is -2.21. The Morgan fingerprint density at radius 1 is 1.19 bits per heavy atom. The molecule has 140 valence electrons. The molecule has 0 unspecified atom stereocenters. The van der Waals surface area contributed by atoms with Crippen LogP contribution in [0.15, 0.2) is 30.3 Å². The summed E-state index contributed by atoms with van der Waals surface area (Å²) in [4.78, 5) is 25.0. The fraction of sp³-hybridized carbons (Fsp3) is 0.158. The molecular weight excluding hydrogens is 394 g/mol. The molecule has 2 N–H and O–H groups in total. The molecule has 1 aromatic heterocycles. The Bertz CT molecular complexity index is 1090. The van der Waals surface area contributed by atoms with Crippen LogP contribution >= 0.6 is 23.2 Å². The normalized spacial score (nSPS) is 11.0. The number of benzene rings is 2. The Balaban J connectivity index is 2.28. The number of hydrogen-bond acceptors (Lipinski definition) is 3. The Morgan fingerprint density at radius 2 is 1.89 bits per heavy atom. The third-order valence-electron chi connectivity index (χ3n) is 4.40. The number of halogens is 3. The van der Waals surface area contributed by atoms with E-state index < -0.39 is 17.5 Å². The largest absolute Gasteiger partial charge is 0.505 e. The van der Waals surface area contributed by atoms with Gasteiger partial charge in [0.25, 0.3) is 5.91 Å². The van der Waals surface area contributed by atoms with Gasteiger partial charge in [0, 0.05) is 23.7 Å². The van der Waals surface area contributed by atoms with E-state index in [0.717, 1.165) is 0 Å². The first-order chi connectivity index (χ1) is 12.8. The van der Waals surface area contributed by atoms with Crippen LogP contribution in [0.3, 0.4) is 0 Å². The molecular formula is C19H15Cl2FN2O3. The van der Waals surface area contributed by atoms with Crippen molar-refractivity contribution in [3.63, 3.8) is 0 Å². The zero-order valence-corrected chi connectivity index (χ0v) is 16.0. The van der Waals surface area contributed by atoms with Crippen LogP contribution in [0.25, 0.3) is 10.9 Å². The number of nitrogens with one attached hydrogen (secondary N) is 1. The lowest BCUT2D eigenvalue weighted by atomic mass is 10.1. The van der Waals surface area contributed by atoms with E-state index in [2.05, 4.69) is 5.32 Å². The van der Waals surface area contributed by atoms with Crippen molar-refractivity contribution >= 4 is 45.9 Å². The number of carbonyl (C=O) groups excluding carboxylic acids is 2. The second-order valence-corrected chi connectivity index (χ2v) is 6.79. The molecule has 0 radical (unpaired) electrons. The van der Waals surface area contributed by atoms with Gasteiger partial charge < -0.3 is 10.4 Å². The molecule has 3 rings (SSSR count). The van der Waals surface area contributed by atoms with Crippen molar-refractivity contribution in [1.82, 2.24) is 9.88 Å². The highest BCUT2D eigenvalue weighted by Gasteiger charge is 2.25. The van der Waals surface area contributed by atoms with Crippen molar-refractivity contribution in [1.29, 1.82) is 0 Å². The Hall–Kier alpha value is -2.57. The van der Waals surface area contributed by atoms with Crippen LogP contribution in [0.1, 0.15) is 21.6 Å². The summed E-state index contributed by atoms with van der Waals surface area (Å²) in [5.74, 6) is -2.24. The molecule has 0 aliphatic carbocycles. The smallest absolute Gasteiger partial charge is 0.262 e. The summed E-state index contributed by atoms with van der Waals surface area (Å²) >= 11 is 11.9. The second-order valence-electron chi connectivity index (χ2n) is 5.98. The van der Waals surface area contributed by atoms with Crippen LogP contribution in [0.5, 0.6) is 5.75 Å². The van der Waals surface area contributed by atoms with Gasteiger partial charge in [-0.1, -0.05) is 23.2 Å². The standard InChI is InChI=1S/C19H15Cl2FN2O3/c1-9-11(8-16(26)23-2)17-14(5-6-15(25)18(17)22)24(9)19(27)10-3-4-12(20)13(21)7-10/h3-7,25H,8H2,1-2H3,(H,23,26). The van der Waals surface area contributed by atoms with Gasteiger partial charge in [-0.05, 0) is 42.8 Å². The summed E-state index contributed by atoms with van der Waals surface area (Å²) in [5, 5.41) is 12.8. The Labute approximate surface area is 164 Å². The maximum Gasteiger partial charge on any atom is 0.262 e. The van der Waals surface area contributed by atoms with Gasteiger partial charge in [-0.25, -0.2) is 4.39 Å². The Kier molecular flexibility index (Phi) is 5.13.